The molecule has 2 atom stereocenters. The summed E-state index contributed by atoms with van der Waals surface area (Å²) in [5.74, 6) is 0.756. The summed E-state index contributed by atoms with van der Waals surface area (Å²) in [6.45, 7) is 2.45. The molecule has 0 spiro atoms. The molecule has 7 nitrogen and oxygen atoms in total. The van der Waals surface area contributed by atoms with E-state index in [1.165, 1.54) is 0 Å². The Balaban J connectivity index is 1.78. The van der Waals surface area contributed by atoms with Gasteiger partial charge >= 0.3 is 0 Å². The first kappa shape index (κ1) is 16.9. The number of hydrogen-bond acceptors (Lipinski definition) is 5. The molecule has 2 aromatic heterocycles. The molecular weight excluding hydrogens is 354 g/mol. The molecule has 4 heterocycles. The van der Waals surface area contributed by atoms with Crippen LogP contribution in [0.3, 0.4) is 0 Å². The van der Waals surface area contributed by atoms with Gasteiger partial charge in [-0.15, -0.1) is 0 Å². The lowest BCUT2D eigenvalue weighted by Gasteiger charge is -2.22. The number of aromatic amines is 1. The Morgan fingerprint density at radius 2 is 2.14 bits per heavy atom. The highest BCUT2D eigenvalue weighted by atomic mass is 16.3. The molecule has 0 unspecified atom stereocenters. The lowest BCUT2D eigenvalue weighted by atomic mass is 9.94. The SMILES string of the molecule is Cc1nc2cccc3c2nc1N[C@H](CO)/C=C/C[C@H]1CNC(=O)c2cc-3[nH]c21. The van der Waals surface area contributed by atoms with Crippen molar-refractivity contribution in [2.45, 2.75) is 25.3 Å². The first-order valence-electron chi connectivity index (χ1n) is 9.47. The van der Waals surface area contributed by atoms with Crippen molar-refractivity contribution >= 4 is 22.8 Å². The summed E-state index contributed by atoms with van der Waals surface area (Å²) in [5.41, 5.74) is 5.73. The van der Waals surface area contributed by atoms with Crippen molar-refractivity contribution in [1.29, 1.82) is 0 Å². The van der Waals surface area contributed by atoms with Gasteiger partial charge < -0.3 is 20.7 Å². The second kappa shape index (κ2) is 6.45. The highest BCUT2D eigenvalue weighted by Crippen LogP contribution is 2.34. The van der Waals surface area contributed by atoms with Crippen molar-refractivity contribution in [2.75, 3.05) is 18.5 Å². The standard InChI is InChI=1S/C21H21N5O2/c1-11-20-24-13(10-27)5-2-4-12-9-22-21(28)15-8-17(25-18(12)15)14-6-3-7-16(23-11)19(14)26-20/h2-3,5-8,12-13,25,27H,4,9-10H2,1H3,(H,22,28)(H,24,26)/b5-2+/t12-,13-/m0/s1. The summed E-state index contributed by atoms with van der Waals surface area (Å²) in [6.07, 6.45) is 4.76. The van der Waals surface area contributed by atoms with Gasteiger partial charge in [0.1, 0.15) is 11.3 Å². The predicted octanol–water partition coefficient (Wildman–Crippen LogP) is 2.49. The fraction of sp³-hybridized carbons (Fsp3) is 0.286. The maximum Gasteiger partial charge on any atom is 0.253 e. The number of aliphatic hydroxyl groups excluding tert-OH is 1. The van der Waals surface area contributed by atoms with Gasteiger partial charge in [-0.05, 0) is 25.5 Å². The quantitative estimate of drug-likeness (QED) is 0.490. The summed E-state index contributed by atoms with van der Waals surface area (Å²) in [4.78, 5) is 25.4. The average molecular weight is 375 g/mol. The Bertz CT molecular complexity index is 1120. The molecule has 2 aliphatic heterocycles. The van der Waals surface area contributed by atoms with Crippen molar-refractivity contribution in [1.82, 2.24) is 20.3 Å². The van der Waals surface area contributed by atoms with E-state index in [-0.39, 0.29) is 24.5 Å². The third-order valence-corrected chi connectivity index (χ3v) is 5.48. The van der Waals surface area contributed by atoms with Gasteiger partial charge in [0, 0.05) is 29.4 Å². The number of carbonyl (C=O) groups is 1. The van der Waals surface area contributed by atoms with Crippen LogP contribution in [-0.2, 0) is 0 Å². The normalized spacial score (nSPS) is 22.0. The molecule has 7 heteroatoms. The predicted molar refractivity (Wildman–Crippen MR) is 107 cm³/mol. The molecule has 0 fully saturated rings. The first-order valence-corrected chi connectivity index (χ1v) is 9.47. The van der Waals surface area contributed by atoms with Crippen LogP contribution in [0.15, 0.2) is 36.4 Å². The number of aliphatic hydroxyl groups is 1. The zero-order valence-electron chi connectivity index (χ0n) is 15.5. The van der Waals surface area contributed by atoms with Crippen LogP contribution in [0.25, 0.3) is 22.3 Å². The number of rotatable bonds is 1. The van der Waals surface area contributed by atoms with Crippen molar-refractivity contribution in [3.8, 4) is 11.3 Å². The van der Waals surface area contributed by atoms with Crippen LogP contribution in [0.4, 0.5) is 5.82 Å². The number of H-pyrrole nitrogens is 1. The monoisotopic (exact) mass is 375 g/mol. The van der Waals surface area contributed by atoms with Gasteiger partial charge in [-0.2, -0.15) is 0 Å². The number of benzene rings is 1. The number of aromatic nitrogens is 3. The van der Waals surface area contributed by atoms with Crippen LogP contribution in [-0.4, -0.2) is 45.2 Å². The number of allylic oxidation sites excluding steroid dienone is 1. The molecule has 0 aliphatic carbocycles. The van der Waals surface area contributed by atoms with E-state index in [4.69, 9.17) is 9.97 Å². The van der Waals surface area contributed by atoms with Gasteiger partial charge in [0.15, 0.2) is 0 Å². The Labute approximate surface area is 161 Å². The Morgan fingerprint density at radius 1 is 1.25 bits per heavy atom. The summed E-state index contributed by atoms with van der Waals surface area (Å²) < 4.78 is 0. The van der Waals surface area contributed by atoms with E-state index >= 15 is 0 Å². The number of aryl methyl sites for hydroxylation is 1. The summed E-state index contributed by atoms with van der Waals surface area (Å²) >= 11 is 0. The summed E-state index contributed by atoms with van der Waals surface area (Å²) in [5, 5.41) is 16.1. The number of para-hydroxylation sites is 1. The van der Waals surface area contributed by atoms with Crippen LogP contribution in [0.5, 0.6) is 0 Å². The van der Waals surface area contributed by atoms with Crippen LogP contribution >= 0.6 is 0 Å². The largest absolute Gasteiger partial charge is 0.394 e. The van der Waals surface area contributed by atoms with Crippen LogP contribution < -0.4 is 10.6 Å². The Kier molecular flexibility index (Phi) is 3.91. The van der Waals surface area contributed by atoms with Gasteiger partial charge in [-0.3, -0.25) is 4.79 Å². The molecule has 1 amide bonds. The number of carbonyl (C=O) groups excluding carboxylic acids is 1. The fourth-order valence-electron chi connectivity index (χ4n) is 4.00. The van der Waals surface area contributed by atoms with E-state index in [2.05, 4.69) is 15.6 Å². The van der Waals surface area contributed by atoms with Gasteiger partial charge in [0.2, 0.25) is 0 Å². The topological polar surface area (TPSA) is 103 Å². The Hall–Kier alpha value is -3.19. The summed E-state index contributed by atoms with van der Waals surface area (Å²) in [7, 11) is 0. The molecule has 0 saturated heterocycles. The van der Waals surface area contributed by atoms with Gasteiger partial charge in [-0.25, -0.2) is 9.97 Å². The second-order valence-corrected chi connectivity index (χ2v) is 7.35. The molecule has 4 bridgehead atoms. The van der Waals surface area contributed by atoms with E-state index in [1.54, 1.807) is 0 Å². The van der Waals surface area contributed by atoms with E-state index in [0.717, 1.165) is 40.1 Å². The molecule has 4 N–H and O–H groups in total. The van der Waals surface area contributed by atoms with Crippen LogP contribution in [0, 0.1) is 6.92 Å². The number of hydrogen-bond donors (Lipinski definition) is 4. The highest BCUT2D eigenvalue weighted by Gasteiger charge is 2.28. The van der Waals surface area contributed by atoms with Gasteiger partial charge in [0.05, 0.1) is 29.4 Å². The fourth-order valence-corrected chi connectivity index (χ4v) is 4.00. The van der Waals surface area contributed by atoms with Crippen molar-refractivity contribution in [3.05, 3.63) is 53.4 Å². The number of fused-ring (bicyclic) bond motifs is 3. The van der Waals surface area contributed by atoms with Crippen LogP contribution in [0.2, 0.25) is 0 Å². The average Bonchev–Trinajstić information content (AvgIpc) is 3.14. The first-order chi connectivity index (χ1) is 13.6. The zero-order chi connectivity index (χ0) is 19.3. The van der Waals surface area contributed by atoms with Crippen molar-refractivity contribution in [2.24, 2.45) is 0 Å². The maximum absolute atomic E-state index is 12.4. The zero-order valence-corrected chi connectivity index (χ0v) is 15.5. The minimum atomic E-state index is -0.255. The minimum absolute atomic E-state index is 0.0456. The third-order valence-electron chi connectivity index (χ3n) is 5.48. The summed E-state index contributed by atoms with van der Waals surface area (Å²) in [6, 6.07) is 7.53. The molecule has 1 aromatic carbocycles. The van der Waals surface area contributed by atoms with Crippen molar-refractivity contribution < 1.29 is 9.90 Å². The molecule has 28 heavy (non-hydrogen) atoms. The molecule has 0 saturated carbocycles. The maximum atomic E-state index is 12.4. The molecule has 142 valence electrons. The van der Waals surface area contributed by atoms with Crippen molar-refractivity contribution in [3.63, 3.8) is 0 Å². The second-order valence-electron chi connectivity index (χ2n) is 7.35. The highest BCUT2D eigenvalue weighted by molar-refractivity contribution is 6.00. The van der Waals surface area contributed by atoms with E-state index in [0.29, 0.717) is 17.9 Å². The van der Waals surface area contributed by atoms with E-state index in [9.17, 15) is 9.90 Å². The van der Waals surface area contributed by atoms with Crippen LogP contribution in [0.1, 0.15) is 34.1 Å². The molecule has 5 rings (SSSR count). The number of amides is 1. The molecular formula is C21H21N5O2. The number of anilines is 1. The van der Waals surface area contributed by atoms with E-state index < -0.39 is 0 Å². The number of nitrogens with one attached hydrogen (secondary N) is 3. The number of nitrogens with zero attached hydrogens (tertiary/aromatic N) is 2. The van der Waals surface area contributed by atoms with Gasteiger partial charge in [-0.1, -0.05) is 24.3 Å². The molecule has 3 aromatic rings. The molecule has 2 aliphatic rings. The molecule has 0 radical (unpaired) electrons. The Morgan fingerprint density at radius 3 is 3.00 bits per heavy atom. The minimum Gasteiger partial charge on any atom is -0.394 e. The third kappa shape index (κ3) is 2.66. The smallest absolute Gasteiger partial charge is 0.253 e. The lowest BCUT2D eigenvalue weighted by molar-refractivity contribution is 0.0940. The van der Waals surface area contributed by atoms with E-state index in [1.807, 2.05) is 43.3 Å². The lowest BCUT2D eigenvalue weighted by Crippen LogP contribution is -2.34. The van der Waals surface area contributed by atoms with Gasteiger partial charge in [0.25, 0.3) is 5.91 Å².